The number of nitrogens with zero attached hydrogens (tertiary/aromatic N) is 1. The molecule has 0 aliphatic heterocycles. The Morgan fingerprint density at radius 2 is 2.00 bits per heavy atom. The highest BCUT2D eigenvalue weighted by atomic mass is 32.1. The molecule has 2 rings (SSSR count). The van der Waals surface area contributed by atoms with Gasteiger partial charge in [0.2, 0.25) is 0 Å². The van der Waals surface area contributed by atoms with Gasteiger partial charge in [0.1, 0.15) is 0 Å². The van der Waals surface area contributed by atoms with Crippen LogP contribution in [0, 0.1) is 4.51 Å². The minimum Gasteiger partial charge on any atom is -0.378 e. The second kappa shape index (κ2) is 3.42. The van der Waals surface area contributed by atoms with E-state index in [-0.39, 0.29) is 0 Å². The lowest BCUT2D eigenvalue weighted by Gasteiger charge is -2.12. The van der Waals surface area contributed by atoms with Crippen molar-refractivity contribution in [3.8, 4) is 0 Å². The summed E-state index contributed by atoms with van der Waals surface area (Å²) in [4.78, 5) is 5.27. The van der Waals surface area contributed by atoms with Gasteiger partial charge in [-0.15, -0.1) is 0 Å². The van der Waals surface area contributed by atoms with E-state index < -0.39 is 0 Å². The van der Waals surface area contributed by atoms with Crippen LogP contribution in [0.3, 0.4) is 0 Å². The van der Waals surface area contributed by atoms with Crippen LogP contribution in [0.25, 0.3) is 10.9 Å². The van der Waals surface area contributed by atoms with Crippen LogP contribution >= 0.6 is 12.2 Å². The maximum atomic E-state index is 5.23. The summed E-state index contributed by atoms with van der Waals surface area (Å²) in [5, 5.41) is 1.10. The van der Waals surface area contributed by atoms with Crippen molar-refractivity contribution in [1.82, 2.24) is 4.98 Å². The van der Waals surface area contributed by atoms with Crippen LogP contribution in [0.2, 0.25) is 0 Å². The SMILES string of the molecule is CN(C)c1ccc2c(=S)cc[nH]c2c1. The predicted octanol–water partition coefficient (Wildman–Crippen LogP) is 2.96. The van der Waals surface area contributed by atoms with E-state index >= 15 is 0 Å². The fourth-order valence-corrected chi connectivity index (χ4v) is 1.69. The van der Waals surface area contributed by atoms with Crippen molar-refractivity contribution in [1.29, 1.82) is 0 Å². The Labute approximate surface area is 88.2 Å². The third kappa shape index (κ3) is 1.51. The van der Waals surface area contributed by atoms with Gasteiger partial charge in [-0.25, -0.2) is 0 Å². The Hall–Kier alpha value is -1.35. The Kier molecular flexibility index (Phi) is 2.25. The van der Waals surface area contributed by atoms with E-state index in [2.05, 4.69) is 28.1 Å². The lowest BCUT2D eigenvalue weighted by molar-refractivity contribution is 1.13. The number of aromatic nitrogens is 1. The highest BCUT2D eigenvalue weighted by molar-refractivity contribution is 7.71. The van der Waals surface area contributed by atoms with Gasteiger partial charge in [0, 0.05) is 41.4 Å². The molecule has 0 unspecified atom stereocenters. The molecule has 72 valence electrons. The molecule has 0 radical (unpaired) electrons. The summed E-state index contributed by atoms with van der Waals surface area (Å²) < 4.78 is 0.893. The smallest absolute Gasteiger partial charge is 0.0488 e. The Bertz CT molecular complexity index is 514. The van der Waals surface area contributed by atoms with Crippen molar-refractivity contribution >= 4 is 28.8 Å². The van der Waals surface area contributed by atoms with Crippen molar-refractivity contribution in [3.63, 3.8) is 0 Å². The molecule has 1 aromatic heterocycles. The minimum atomic E-state index is 0.893. The van der Waals surface area contributed by atoms with Crippen molar-refractivity contribution in [2.45, 2.75) is 0 Å². The summed E-state index contributed by atoms with van der Waals surface area (Å²) in [6, 6.07) is 8.15. The number of aromatic amines is 1. The molecule has 2 aromatic rings. The van der Waals surface area contributed by atoms with Crippen molar-refractivity contribution in [2.24, 2.45) is 0 Å². The average Bonchev–Trinajstić information content (AvgIpc) is 2.17. The number of benzene rings is 1. The van der Waals surface area contributed by atoms with E-state index in [0.29, 0.717) is 0 Å². The predicted molar refractivity (Wildman–Crippen MR) is 63.5 cm³/mol. The van der Waals surface area contributed by atoms with Gasteiger partial charge in [-0.2, -0.15) is 0 Å². The molecule has 0 atom stereocenters. The second-order valence-corrected chi connectivity index (χ2v) is 3.91. The molecule has 2 nitrogen and oxygen atoms in total. The molecule has 3 heteroatoms. The van der Waals surface area contributed by atoms with Crippen LogP contribution in [0.4, 0.5) is 5.69 Å². The number of hydrogen-bond acceptors (Lipinski definition) is 2. The molecular formula is C11H12N2S. The molecular weight excluding hydrogens is 192 g/mol. The Balaban J connectivity index is 2.74. The van der Waals surface area contributed by atoms with E-state index in [1.54, 1.807) is 0 Å². The van der Waals surface area contributed by atoms with E-state index in [4.69, 9.17) is 12.2 Å². The molecule has 14 heavy (non-hydrogen) atoms. The largest absolute Gasteiger partial charge is 0.378 e. The molecule has 0 fully saturated rings. The fraction of sp³-hybridized carbons (Fsp3) is 0.182. The molecule has 1 N–H and O–H groups in total. The maximum absolute atomic E-state index is 5.23. The first kappa shape index (κ1) is 9.21. The number of hydrogen-bond donors (Lipinski definition) is 1. The van der Waals surface area contributed by atoms with Gasteiger partial charge < -0.3 is 9.88 Å². The molecule has 0 bridgehead atoms. The summed E-state index contributed by atoms with van der Waals surface area (Å²) in [6.07, 6.45) is 1.88. The van der Waals surface area contributed by atoms with Gasteiger partial charge in [0.15, 0.2) is 0 Å². The van der Waals surface area contributed by atoms with E-state index in [1.807, 2.05) is 26.4 Å². The molecule has 1 aromatic carbocycles. The summed E-state index contributed by atoms with van der Waals surface area (Å²) in [6.45, 7) is 0. The molecule has 1 heterocycles. The summed E-state index contributed by atoms with van der Waals surface area (Å²) in [5.74, 6) is 0. The maximum Gasteiger partial charge on any atom is 0.0488 e. The van der Waals surface area contributed by atoms with Gasteiger partial charge in [0.05, 0.1) is 0 Å². The zero-order chi connectivity index (χ0) is 10.1. The lowest BCUT2D eigenvalue weighted by atomic mass is 10.2. The van der Waals surface area contributed by atoms with Crippen molar-refractivity contribution in [3.05, 3.63) is 35.0 Å². The van der Waals surface area contributed by atoms with Gasteiger partial charge >= 0.3 is 0 Å². The van der Waals surface area contributed by atoms with E-state index in [9.17, 15) is 0 Å². The lowest BCUT2D eigenvalue weighted by Crippen LogP contribution is -2.08. The molecule has 0 spiro atoms. The summed E-state index contributed by atoms with van der Waals surface area (Å²) in [7, 11) is 4.05. The Morgan fingerprint density at radius 3 is 2.71 bits per heavy atom. The average molecular weight is 204 g/mol. The number of anilines is 1. The van der Waals surface area contributed by atoms with Crippen LogP contribution in [-0.4, -0.2) is 19.1 Å². The number of nitrogens with one attached hydrogen (secondary N) is 1. The number of rotatable bonds is 1. The van der Waals surface area contributed by atoms with Crippen LogP contribution in [0.5, 0.6) is 0 Å². The van der Waals surface area contributed by atoms with Crippen LogP contribution in [0.15, 0.2) is 30.5 Å². The number of pyridine rings is 1. The third-order valence-corrected chi connectivity index (χ3v) is 2.61. The third-order valence-electron chi connectivity index (χ3n) is 2.26. The molecule has 0 aliphatic rings. The van der Waals surface area contributed by atoms with Gasteiger partial charge in [0.25, 0.3) is 0 Å². The highest BCUT2D eigenvalue weighted by Crippen LogP contribution is 2.19. The Morgan fingerprint density at radius 1 is 1.21 bits per heavy atom. The van der Waals surface area contributed by atoms with E-state index in [1.165, 1.54) is 5.69 Å². The standard InChI is InChI=1S/C11H12N2S/c1-13(2)8-3-4-9-10(7-8)12-6-5-11(9)14/h3-7H,1-2H3,(H,12,14). The van der Waals surface area contributed by atoms with Gasteiger partial charge in [-0.05, 0) is 24.3 Å². The van der Waals surface area contributed by atoms with Crippen molar-refractivity contribution < 1.29 is 0 Å². The molecule has 0 aliphatic carbocycles. The van der Waals surface area contributed by atoms with Gasteiger partial charge in [-0.3, -0.25) is 0 Å². The molecule has 0 saturated heterocycles. The molecule has 0 saturated carbocycles. The first-order chi connectivity index (χ1) is 6.68. The highest BCUT2D eigenvalue weighted by Gasteiger charge is 1.98. The van der Waals surface area contributed by atoms with Crippen LogP contribution < -0.4 is 4.90 Å². The second-order valence-electron chi connectivity index (χ2n) is 3.47. The quantitative estimate of drug-likeness (QED) is 0.720. The fourth-order valence-electron chi connectivity index (χ4n) is 1.44. The van der Waals surface area contributed by atoms with Crippen molar-refractivity contribution in [2.75, 3.05) is 19.0 Å². The minimum absolute atomic E-state index is 0.893. The van der Waals surface area contributed by atoms with Crippen LogP contribution in [-0.2, 0) is 0 Å². The normalized spacial score (nSPS) is 10.4. The first-order valence-electron chi connectivity index (χ1n) is 4.47. The molecule has 0 amide bonds. The van der Waals surface area contributed by atoms with Gasteiger partial charge in [-0.1, -0.05) is 12.2 Å². The van der Waals surface area contributed by atoms with Crippen LogP contribution in [0.1, 0.15) is 0 Å². The van der Waals surface area contributed by atoms with E-state index in [0.717, 1.165) is 15.4 Å². The zero-order valence-electron chi connectivity index (χ0n) is 8.24. The number of fused-ring (bicyclic) bond motifs is 1. The monoisotopic (exact) mass is 204 g/mol. The number of H-pyrrole nitrogens is 1. The summed E-state index contributed by atoms with van der Waals surface area (Å²) in [5.41, 5.74) is 2.26. The summed E-state index contributed by atoms with van der Waals surface area (Å²) >= 11 is 5.23. The first-order valence-corrected chi connectivity index (χ1v) is 4.88. The topological polar surface area (TPSA) is 19.0 Å². The zero-order valence-corrected chi connectivity index (χ0v) is 9.06.